The molecule has 1 atom stereocenters. The molecule has 2 aliphatic heterocycles. The lowest BCUT2D eigenvalue weighted by atomic mass is 9.95. The maximum atomic E-state index is 13.1. The van der Waals surface area contributed by atoms with Crippen molar-refractivity contribution in [3.63, 3.8) is 0 Å². The third-order valence-corrected chi connectivity index (χ3v) is 4.72. The van der Waals surface area contributed by atoms with E-state index in [1.807, 2.05) is 31.2 Å². The van der Waals surface area contributed by atoms with Crippen LogP contribution in [0, 0.1) is 12.7 Å². The number of urea groups is 1. The lowest BCUT2D eigenvalue weighted by Gasteiger charge is -2.25. The maximum absolute atomic E-state index is 13.1. The highest BCUT2D eigenvalue weighted by Crippen LogP contribution is 2.33. The molecule has 3 amide bonds. The molecule has 2 heterocycles. The minimum Gasteiger partial charge on any atom is -0.329 e. The molecule has 132 valence electrons. The molecule has 0 bridgehead atoms. The van der Waals surface area contributed by atoms with E-state index in [2.05, 4.69) is 10.6 Å². The Hall–Kier alpha value is -3.15. The van der Waals surface area contributed by atoms with E-state index in [0.29, 0.717) is 24.4 Å². The van der Waals surface area contributed by atoms with Crippen LogP contribution in [0.4, 0.5) is 9.18 Å². The number of halogens is 1. The largest absolute Gasteiger partial charge is 0.329 e. The number of hydrogen-bond acceptors (Lipinski definition) is 2. The highest BCUT2D eigenvalue weighted by Gasteiger charge is 2.40. The first-order chi connectivity index (χ1) is 12.5. The van der Waals surface area contributed by atoms with Crippen LogP contribution in [0.25, 0.3) is 0 Å². The van der Waals surface area contributed by atoms with E-state index >= 15 is 0 Å². The van der Waals surface area contributed by atoms with E-state index in [9.17, 15) is 14.0 Å². The average Bonchev–Trinajstić information content (AvgIpc) is 2.92. The van der Waals surface area contributed by atoms with Gasteiger partial charge < -0.3 is 15.5 Å². The van der Waals surface area contributed by atoms with Crippen LogP contribution >= 0.6 is 0 Å². The predicted molar refractivity (Wildman–Crippen MR) is 94.4 cm³/mol. The molecule has 0 fully saturated rings. The fourth-order valence-electron chi connectivity index (χ4n) is 3.38. The van der Waals surface area contributed by atoms with Crippen LogP contribution in [0.1, 0.15) is 22.7 Å². The lowest BCUT2D eigenvalue weighted by molar-refractivity contribution is -0.126. The number of carbonyl (C=O) groups is 2. The Bertz CT molecular complexity index is 904. The van der Waals surface area contributed by atoms with Crippen LogP contribution < -0.4 is 10.6 Å². The van der Waals surface area contributed by atoms with Crippen molar-refractivity contribution in [1.82, 2.24) is 15.5 Å². The SMILES string of the molecule is Cc1ccc([C@@H]2NC(=O)NC3=C2C(=O)N(Cc2ccc(F)cc2)C3)cc1. The molecule has 6 heteroatoms. The van der Waals surface area contributed by atoms with Gasteiger partial charge in [-0.2, -0.15) is 0 Å². The summed E-state index contributed by atoms with van der Waals surface area (Å²) in [7, 11) is 0. The number of nitrogens with zero attached hydrogens (tertiary/aromatic N) is 1. The summed E-state index contributed by atoms with van der Waals surface area (Å²) in [5.74, 6) is -0.433. The molecule has 4 rings (SSSR count). The van der Waals surface area contributed by atoms with E-state index in [1.165, 1.54) is 12.1 Å². The standard InChI is InChI=1S/C20H18FN3O2/c1-12-2-6-14(7-3-12)18-17-16(22-20(26)23-18)11-24(19(17)25)10-13-4-8-15(21)9-5-13/h2-9,18H,10-11H2,1H3,(H2,22,23,26)/t18-/m0/s1. The zero-order chi connectivity index (χ0) is 18.3. The van der Waals surface area contributed by atoms with E-state index in [0.717, 1.165) is 16.7 Å². The smallest absolute Gasteiger partial charge is 0.319 e. The summed E-state index contributed by atoms with van der Waals surface area (Å²) < 4.78 is 13.1. The molecule has 2 aromatic carbocycles. The van der Waals surface area contributed by atoms with E-state index in [4.69, 9.17) is 0 Å². The van der Waals surface area contributed by atoms with Gasteiger partial charge in [0.1, 0.15) is 5.82 Å². The Morgan fingerprint density at radius 1 is 1.08 bits per heavy atom. The summed E-state index contributed by atoms with van der Waals surface area (Å²) in [6.07, 6.45) is 0. The van der Waals surface area contributed by atoms with Gasteiger partial charge in [0, 0.05) is 6.54 Å². The lowest BCUT2D eigenvalue weighted by Crippen LogP contribution is -2.44. The number of hydrogen-bond donors (Lipinski definition) is 2. The van der Waals surface area contributed by atoms with Crippen LogP contribution in [0.2, 0.25) is 0 Å². The first-order valence-electron chi connectivity index (χ1n) is 8.42. The van der Waals surface area contributed by atoms with Crippen LogP contribution in [-0.4, -0.2) is 23.4 Å². The molecule has 5 nitrogen and oxygen atoms in total. The fraction of sp³-hybridized carbons (Fsp3) is 0.200. The molecule has 26 heavy (non-hydrogen) atoms. The zero-order valence-electron chi connectivity index (χ0n) is 14.3. The summed E-state index contributed by atoms with van der Waals surface area (Å²) >= 11 is 0. The van der Waals surface area contributed by atoms with Gasteiger partial charge in [-0.25, -0.2) is 9.18 Å². The molecular weight excluding hydrogens is 333 g/mol. The van der Waals surface area contributed by atoms with Gasteiger partial charge in [-0.3, -0.25) is 4.79 Å². The third kappa shape index (κ3) is 2.94. The molecule has 0 saturated carbocycles. The monoisotopic (exact) mass is 351 g/mol. The predicted octanol–water partition coefficient (Wildman–Crippen LogP) is 2.78. The van der Waals surface area contributed by atoms with Crippen molar-refractivity contribution in [3.8, 4) is 0 Å². The zero-order valence-corrected chi connectivity index (χ0v) is 14.3. The van der Waals surface area contributed by atoms with Gasteiger partial charge in [0.2, 0.25) is 0 Å². The molecule has 0 aromatic heterocycles. The van der Waals surface area contributed by atoms with Crippen molar-refractivity contribution >= 4 is 11.9 Å². The van der Waals surface area contributed by atoms with Crippen molar-refractivity contribution in [2.24, 2.45) is 0 Å². The fourth-order valence-corrected chi connectivity index (χ4v) is 3.38. The molecule has 0 aliphatic carbocycles. The molecule has 0 radical (unpaired) electrons. The first kappa shape index (κ1) is 16.3. The average molecular weight is 351 g/mol. The Morgan fingerprint density at radius 3 is 2.46 bits per heavy atom. The van der Waals surface area contributed by atoms with Crippen LogP contribution in [0.5, 0.6) is 0 Å². The molecule has 0 saturated heterocycles. The Labute approximate surface area is 150 Å². The second-order valence-electron chi connectivity index (χ2n) is 6.62. The highest BCUT2D eigenvalue weighted by atomic mass is 19.1. The third-order valence-electron chi connectivity index (χ3n) is 4.72. The van der Waals surface area contributed by atoms with Gasteiger partial charge in [-0.15, -0.1) is 0 Å². The molecule has 2 N–H and O–H groups in total. The van der Waals surface area contributed by atoms with Gasteiger partial charge in [0.15, 0.2) is 0 Å². The molecular formula is C20H18FN3O2. The highest BCUT2D eigenvalue weighted by molar-refractivity contribution is 6.01. The van der Waals surface area contributed by atoms with Crippen LogP contribution in [-0.2, 0) is 11.3 Å². The van der Waals surface area contributed by atoms with Crippen molar-refractivity contribution in [2.45, 2.75) is 19.5 Å². The Morgan fingerprint density at radius 2 is 1.77 bits per heavy atom. The van der Waals surface area contributed by atoms with Gasteiger partial charge in [0.05, 0.1) is 23.9 Å². The summed E-state index contributed by atoms with van der Waals surface area (Å²) in [4.78, 5) is 26.7. The van der Waals surface area contributed by atoms with Gasteiger partial charge in [-0.1, -0.05) is 42.0 Å². The second kappa shape index (κ2) is 6.29. The number of carbonyl (C=O) groups excluding carboxylic acids is 2. The van der Waals surface area contributed by atoms with E-state index in [1.54, 1.807) is 17.0 Å². The van der Waals surface area contributed by atoms with Gasteiger partial charge in [-0.05, 0) is 30.2 Å². The molecule has 2 aliphatic rings. The van der Waals surface area contributed by atoms with Crippen LogP contribution in [0.15, 0.2) is 59.8 Å². The summed E-state index contributed by atoms with van der Waals surface area (Å²) in [6.45, 7) is 2.69. The minimum absolute atomic E-state index is 0.123. The van der Waals surface area contributed by atoms with Gasteiger partial charge >= 0.3 is 6.03 Å². The quantitative estimate of drug-likeness (QED) is 0.893. The van der Waals surface area contributed by atoms with Crippen molar-refractivity contribution in [1.29, 1.82) is 0 Å². The minimum atomic E-state index is -0.468. The first-order valence-corrected chi connectivity index (χ1v) is 8.42. The van der Waals surface area contributed by atoms with Gasteiger partial charge in [0.25, 0.3) is 5.91 Å². The second-order valence-corrected chi connectivity index (χ2v) is 6.62. The number of aryl methyl sites for hydroxylation is 1. The summed E-state index contributed by atoms with van der Waals surface area (Å²) in [6, 6.07) is 13.1. The maximum Gasteiger partial charge on any atom is 0.319 e. The summed E-state index contributed by atoms with van der Waals surface area (Å²) in [5.41, 5.74) is 4.02. The molecule has 0 unspecified atom stereocenters. The summed E-state index contributed by atoms with van der Waals surface area (Å²) in [5, 5.41) is 5.59. The van der Waals surface area contributed by atoms with Crippen LogP contribution in [0.3, 0.4) is 0 Å². The molecule has 0 spiro atoms. The van der Waals surface area contributed by atoms with Crippen molar-refractivity contribution < 1.29 is 14.0 Å². The Balaban J connectivity index is 1.61. The molecule has 2 aromatic rings. The van der Waals surface area contributed by atoms with E-state index in [-0.39, 0.29) is 17.8 Å². The number of nitrogens with one attached hydrogen (secondary N) is 2. The van der Waals surface area contributed by atoms with Crippen molar-refractivity contribution in [3.05, 3.63) is 82.3 Å². The number of benzene rings is 2. The number of amides is 3. The normalized spacial score (nSPS) is 19.3. The Kier molecular flexibility index (Phi) is 3.95. The number of rotatable bonds is 3. The van der Waals surface area contributed by atoms with E-state index < -0.39 is 6.04 Å². The van der Waals surface area contributed by atoms with Crippen molar-refractivity contribution in [2.75, 3.05) is 6.54 Å². The topological polar surface area (TPSA) is 61.4 Å².